The summed E-state index contributed by atoms with van der Waals surface area (Å²) in [7, 11) is 0. The van der Waals surface area contributed by atoms with Crippen LogP contribution < -0.4 is 0 Å². The second-order valence-corrected chi connectivity index (χ2v) is 4.95. The Labute approximate surface area is 119 Å². The fourth-order valence-corrected chi connectivity index (χ4v) is 2.28. The Kier molecular flexibility index (Phi) is 4.49. The monoisotopic (exact) mass is 307 g/mol. The van der Waals surface area contributed by atoms with Gasteiger partial charge in [-0.1, -0.05) is 11.6 Å². The Morgan fingerprint density at radius 1 is 1.30 bits per heavy atom. The van der Waals surface area contributed by atoms with Crippen molar-refractivity contribution >= 4 is 17.5 Å². The van der Waals surface area contributed by atoms with Gasteiger partial charge in [0.15, 0.2) is 0 Å². The van der Waals surface area contributed by atoms with Crippen molar-refractivity contribution in [2.24, 2.45) is 0 Å². The lowest BCUT2D eigenvalue weighted by molar-refractivity contribution is -0.148. The number of alkyl halides is 3. The van der Waals surface area contributed by atoms with Crippen LogP contribution in [0, 0.1) is 0 Å². The van der Waals surface area contributed by atoms with E-state index in [2.05, 4.69) is 4.98 Å². The number of aromatic nitrogens is 1. The number of hydrogen-bond acceptors (Lipinski definition) is 3. The molecule has 0 atom stereocenters. The lowest BCUT2D eigenvalue weighted by Gasteiger charge is -2.35. The van der Waals surface area contributed by atoms with Crippen LogP contribution in [0.1, 0.15) is 10.4 Å². The molecule has 2 heterocycles. The fraction of sp³-hybridized carbons (Fsp3) is 0.500. The van der Waals surface area contributed by atoms with Gasteiger partial charge in [0.2, 0.25) is 0 Å². The summed E-state index contributed by atoms with van der Waals surface area (Å²) in [6, 6.07) is 1.51. The zero-order valence-corrected chi connectivity index (χ0v) is 11.3. The highest BCUT2D eigenvalue weighted by atomic mass is 35.5. The normalized spacial score (nSPS) is 17.3. The molecule has 0 radical (unpaired) electrons. The Bertz CT molecular complexity index is 487. The quantitative estimate of drug-likeness (QED) is 0.839. The molecule has 1 aliphatic rings. The van der Waals surface area contributed by atoms with Gasteiger partial charge < -0.3 is 4.90 Å². The molecule has 110 valence electrons. The van der Waals surface area contributed by atoms with Crippen molar-refractivity contribution in [2.75, 3.05) is 32.7 Å². The van der Waals surface area contributed by atoms with E-state index in [1.165, 1.54) is 28.3 Å². The highest BCUT2D eigenvalue weighted by Crippen LogP contribution is 2.19. The van der Waals surface area contributed by atoms with Crippen LogP contribution in [0.2, 0.25) is 5.02 Å². The van der Waals surface area contributed by atoms with Gasteiger partial charge in [-0.05, 0) is 6.07 Å². The fourth-order valence-electron chi connectivity index (χ4n) is 2.08. The third-order valence-corrected chi connectivity index (χ3v) is 3.37. The zero-order chi connectivity index (χ0) is 14.8. The lowest BCUT2D eigenvalue weighted by Crippen LogP contribution is -2.50. The summed E-state index contributed by atoms with van der Waals surface area (Å²) in [5.41, 5.74) is 0.325. The second-order valence-electron chi connectivity index (χ2n) is 4.54. The summed E-state index contributed by atoms with van der Waals surface area (Å²) >= 11 is 5.88. The molecule has 0 aliphatic carbocycles. The summed E-state index contributed by atoms with van der Waals surface area (Å²) in [5, 5.41) is 0.246. The average molecular weight is 308 g/mol. The predicted octanol–water partition coefficient (Wildman–Crippen LogP) is 2.06. The van der Waals surface area contributed by atoms with Crippen molar-refractivity contribution in [3.05, 3.63) is 29.0 Å². The third kappa shape index (κ3) is 3.83. The number of amides is 1. The highest BCUT2D eigenvalue weighted by molar-refractivity contribution is 6.33. The topological polar surface area (TPSA) is 36.4 Å². The Morgan fingerprint density at radius 3 is 2.50 bits per heavy atom. The summed E-state index contributed by atoms with van der Waals surface area (Å²) < 4.78 is 36.8. The first-order valence-electron chi connectivity index (χ1n) is 6.05. The first-order valence-corrected chi connectivity index (χ1v) is 6.42. The number of hydrogen-bond donors (Lipinski definition) is 0. The van der Waals surface area contributed by atoms with Gasteiger partial charge in [-0.3, -0.25) is 14.7 Å². The van der Waals surface area contributed by atoms with Gasteiger partial charge in [-0.2, -0.15) is 13.2 Å². The van der Waals surface area contributed by atoms with E-state index in [4.69, 9.17) is 11.6 Å². The minimum Gasteiger partial charge on any atom is -0.336 e. The van der Waals surface area contributed by atoms with Gasteiger partial charge in [0.25, 0.3) is 5.91 Å². The van der Waals surface area contributed by atoms with Crippen molar-refractivity contribution in [1.29, 1.82) is 0 Å². The van der Waals surface area contributed by atoms with Crippen LogP contribution in [-0.2, 0) is 0 Å². The van der Waals surface area contributed by atoms with Crippen LogP contribution >= 0.6 is 11.6 Å². The number of carbonyl (C=O) groups is 1. The molecule has 1 aromatic rings. The molecule has 4 nitrogen and oxygen atoms in total. The van der Waals surface area contributed by atoms with Gasteiger partial charge in [0.05, 0.1) is 17.1 Å². The number of rotatable bonds is 2. The maximum absolute atomic E-state index is 12.3. The predicted molar refractivity (Wildman–Crippen MR) is 67.6 cm³/mol. The number of nitrogens with zero attached hydrogens (tertiary/aromatic N) is 3. The lowest BCUT2D eigenvalue weighted by atomic mass is 10.2. The standard InChI is InChI=1S/C12H13ClF3N3O/c13-10-7-17-2-1-9(10)11(20)19-5-3-18(4-6-19)8-12(14,15)16/h1-2,7H,3-6,8H2. The van der Waals surface area contributed by atoms with E-state index < -0.39 is 12.7 Å². The van der Waals surface area contributed by atoms with Crippen molar-refractivity contribution < 1.29 is 18.0 Å². The van der Waals surface area contributed by atoms with Crippen LogP contribution in [0.4, 0.5) is 13.2 Å². The molecule has 1 aliphatic heterocycles. The van der Waals surface area contributed by atoms with Crippen molar-refractivity contribution in [1.82, 2.24) is 14.8 Å². The molecule has 0 spiro atoms. The number of piperazine rings is 1. The SMILES string of the molecule is O=C(c1ccncc1Cl)N1CCN(CC(F)(F)F)CC1. The molecule has 0 saturated carbocycles. The summed E-state index contributed by atoms with van der Waals surface area (Å²) in [6.45, 7) is -0.0198. The van der Waals surface area contributed by atoms with Crippen LogP contribution in [0.25, 0.3) is 0 Å². The second kappa shape index (κ2) is 5.97. The summed E-state index contributed by atoms with van der Waals surface area (Å²) in [5.74, 6) is -0.274. The van der Waals surface area contributed by atoms with E-state index >= 15 is 0 Å². The minimum absolute atomic E-state index is 0.202. The van der Waals surface area contributed by atoms with Crippen LogP contribution in [0.5, 0.6) is 0 Å². The molecule has 1 aromatic heterocycles. The maximum Gasteiger partial charge on any atom is 0.401 e. The number of pyridine rings is 1. The van der Waals surface area contributed by atoms with E-state index in [0.717, 1.165) is 0 Å². The van der Waals surface area contributed by atoms with Gasteiger partial charge >= 0.3 is 6.18 Å². The molecular weight excluding hydrogens is 295 g/mol. The Balaban J connectivity index is 1.94. The largest absolute Gasteiger partial charge is 0.401 e. The molecule has 0 unspecified atom stereocenters. The van der Waals surface area contributed by atoms with E-state index in [1.807, 2.05) is 0 Å². The Morgan fingerprint density at radius 2 is 1.95 bits per heavy atom. The van der Waals surface area contributed by atoms with E-state index in [-0.39, 0.29) is 37.1 Å². The molecule has 1 fully saturated rings. The summed E-state index contributed by atoms with van der Waals surface area (Å²) in [6.07, 6.45) is -1.38. The first-order chi connectivity index (χ1) is 9.37. The van der Waals surface area contributed by atoms with E-state index in [1.54, 1.807) is 0 Å². The van der Waals surface area contributed by atoms with Gasteiger partial charge in [-0.15, -0.1) is 0 Å². The van der Waals surface area contributed by atoms with Crippen molar-refractivity contribution in [3.8, 4) is 0 Å². The molecular formula is C12H13ClF3N3O. The summed E-state index contributed by atoms with van der Waals surface area (Å²) in [4.78, 5) is 18.8. The molecule has 8 heteroatoms. The molecule has 0 bridgehead atoms. The van der Waals surface area contributed by atoms with Crippen LogP contribution in [0.3, 0.4) is 0 Å². The number of halogens is 4. The minimum atomic E-state index is -4.21. The van der Waals surface area contributed by atoms with Crippen molar-refractivity contribution in [2.45, 2.75) is 6.18 Å². The van der Waals surface area contributed by atoms with Gasteiger partial charge in [0, 0.05) is 38.6 Å². The molecule has 1 saturated heterocycles. The number of carbonyl (C=O) groups excluding carboxylic acids is 1. The first kappa shape index (κ1) is 15.1. The molecule has 0 N–H and O–H groups in total. The molecule has 0 aromatic carbocycles. The van der Waals surface area contributed by atoms with E-state index in [9.17, 15) is 18.0 Å². The smallest absolute Gasteiger partial charge is 0.336 e. The molecule has 20 heavy (non-hydrogen) atoms. The Hall–Kier alpha value is -1.34. The van der Waals surface area contributed by atoms with Gasteiger partial charge in [0.1, 0.15) is 0 Å². The van der Waals surface area contributed by atoms with Crippen molar-refractivity contribution in [3.63, 3.8) is 0 Å². The zero-order valence-electron chi connectivity index (χ0n) is 10.5. The third-order valence-electron chi connectivity index (χ3n) is 3.07. The maximum atomic E-state index is 12.3. The molecule has 1 amide bonds. The van der Waals surface area contributed by atoms with E-state index in [0.29, 0.717) is 5.56 Å². The highest BCUT2D eigenvalue weighted by Gasteiger charge is 2.33. The van der Waals surface area contributed by atoms with Crippen LogP contribution in [-0.4, -0.2) is 59.6 Å². The molecule has 2 rings (SSSR count). The van der Waals surface area contributed by atoms with Crippen LogP contribution in [0.15, 0.2) is 18.5 Å². The van der Waals surface area contributed by atoms with Gasteiger partial charge in [-0.25, -0.2) is 0 Å². The average Bonchev–Trinajstić information content (AvgIpc) is 2.37.